The Labute approximate surface area is 181 Å². The molecule has 1 amide bonds. The van der Waals surface area contributed by atoms with Gasteiger partial charge in [0.15, 0.2) is 10.6 Å². The number of hydrogen-bond acceptors (Lipinski definition) is 4. The van der Waals surface area contributed by atoms with Crippen molar-refractivity contribution in [1.82, 2.24) is 25.0 Å². The Morgan fingerprint density at radius 2 is 2.07 bits per heavy atom. The lowest BCUT2D eigenvalue weighted by Crippen LogP contribution is -2.37. The van der Waals surface area contributed by atoms with Gasteiger partial charge in [0.25, 0.3) is 0 Å². The highest BCUT2D eigenvalue weighted by atomic mass is 32.1. The van der Waals surface area contributed by atoms with E-state index >= 15 is 0 Å². The molecule has 156 valence electrons. The maximum atomic E-state index is 12.6. The van der Waals surface area contributed by atoms with Crippen LogP contribution in [0, 0.1) is 11.7 Å². The van der Waals surface area contributed by atoms with Crippen LogP contribution in [-0.2, 0) is 17.9 Å². The van der Waals surface area contributed by atoms with Crippen LogP contribution < -0.4 is 5.32 Å². The molecule has 1 aliphatic heterocycles. The topological polar surface area (TPSA) is 66.0 Å². The molecule has 0 radical (unpaired) electrons. The van der Waals surface area contributed by atoms with E-state index in [4.69, 9.17) is 12.2 Å². The molecule has 7 heteroatoms. The summed E-state index contributed by atoms with van der Waals surface area (Å²) in [5.74, 6) is 0.825. The maximum Gasteiger partial charge on any atom is 0.222 e. The molecule has 6 nitrogen and oxygen atoms in total. The molecule has 0 unspecified atom stereocenters. The number of nitrogens with one attached hydrogen (secondary N) is 2. The van der Waals surface area contributed by atoms with Gasteiger partial charge in [-0.25, -0.2) is 0 Å². The molecule has 2 aromatic carbocycles. The Morgan fingerprint density at radius 1 is 1.23 bits per heavy atom. The summed E-state index contributed by atoms with van der Waals surface area (Å²) in [7, 11) is 0. The number of benzene rings is 2. The van der Waals surface area contributed by atoms with E-state index in [1.165, 1.54) is 5.56 Å². The van der Waals surface area contributed by atoms with Gasteiger partial charge in [-0.2, -0.15) is 5.10 Å². The quantitative estimate of drug-likeness (QED) is 0.571. The molecule has 4 rings (SSSR count). The van der Waals surface area contributed by atoms with E-state index in [2.05, 4.69) is 50.7 Å². The number of amides is 1. The third-order valence-electron chi connectivity index (χ3n) is 5.48. The molecule has 1 fully saturated rings. The second kappa shape index (κ2) is 9.36. The molecule has 2 N–H and O–H groups in total. The standard InChI is InChI=1S/C23H27N5OS/c1-17-6-5-9-19(14-17)22-25-26-23(30)28(22)13-11-21(29)24-20-10-12-27(16-20)15-18-7-3-2-4-8-18/h2-9,14,20H,10-13,15-16H2,1H3,(H,24,29)(H,26,30)/t20-/m1/s1. The summed E-state index contributed by atoms with van der Waals surface area (Å²) >= 11 is 5.39. The predicted octanol–water partition coefficient (Wildman–Crippen LogP) is 3.70. The summed E-state index contributed by atoms with van der Waals surface area (Å²) in [5.41, 5.74) is 3.46. The lowest BCUT2D eigenvalue weighted by Gasteiger charge is -2.17. The average molecular weight is 422 g/mol. The summed E-state index contributed by atoms with van der Waals surface area (Å²) in [6.07, 6.45) is 1.36. The van der Waals surface area contributed by atoms with Crippen molar-refractivity contribution in [3.63, 3.8) is 0 Å². The Bertz CT molecular complexity index is 1060. The van der Waals surface area contributed by atoms with Crippen LogP contribution in [0.25, 0.3) is 11.4 Å². The van der Waals surface area contributed by atoms with Gasteiger partial charge in [-0.15, -0.1) is 0 Å². The number of H-pyrrole nitrogens is 1. The zero-order chi connectivity index (χ0) is 20.9. The molecule has 0 saturated carbocycles. The second-order valence-corrected chi connectivity index (χ2v) is 8.28. The zero-order valence-electron chi connectivity index (χ0n) is 17.2. The monoisotopic (exact) mass is 421 g/mol. The number of aryl methyl sites for hydroxylation is 1. The van der Waals surface area contributed by atoms with E-state index in [-0.39, 0.29) is 11.9 Å². The zero-order valence-corrected chi connectivity index (χ0v) is 18.0. The van der Waals surface area contributed by atoms with Crippen molar-refractivity contribution in [1.29, 1.82) is 0 Å². The molecule has 1 atom stereocenters. The first-order valence-corrected chi connectivity index (χ1v) is 10.8. The van der Waals surface area contributed by atoms with Gasteiger partial charge in [-0.3, -0.25) is 19.4 Å². The fourth-order valence-corrected chi connectivity index (χ4v) is 4.20. The molecular formula is C23H27N5OS. The number of nitrogens with zero attached hydrogens (tertiary/aromatic N) is 3. The first-order chi connectivity index (χ1) is 14.6. The van der Waals surface area contributed by atoms with Crippen LogP contribution in [0.4, 0.5) is 0 Å². The van der Waals surface area contributed by atoms with Crippen molar-refractivity contribution in [2.75, 3.05) is 13.1 Å². The normalized spacial score (nSPS) is 16.6. The van der Waals surface area contributed by atoms with Gasteiger partial charge in [-0.05, 0) is 37.2 Å². The average Bonchev–Trinajstić information content (AvgIpc) is 3.33. The van der Waals surface area contributed by atoms with Crippen molar-refractivity contribution >= 4 is 18.1 Å². The predicted molar refractivity (Wildman–Crippen MR) is 120 cm³/mol. The molecule has 0 spiro atoms. The number of aromatic amines is 1. The van der Waals surface area contributed by atoms with Crippen molar-refractivity contribution in [2.24, 2.45) is 0 Å². The third kappa shape index (κ3) is 5.04. The van der Waals surface area contributed by atoms with Crippen molar-refractivity contribution < 1.29 is 4.79 Å². The molecular weight excluding hydrogens is 394 g/mol. The SMILES string of the molecule is Cc1cccc(-c2n[nH]c(=S)n2CCC(=O)N[C@@H]2CCN(Cc3ccccc3)C2)c1. The number of aromatic nitrogens is 3. The maximum absolute atomic E-state index is 12.6. The molecule has 1 aliphatic rings. The minimum absolute atomic E-state index is 0.0554. The summed E-state index contributed by atoms with van der Waals surface area (Å²) in [4.78, 5) is 15.0. The molecule has 1 aromatic heterocycles. The van der Waals surface area contributed by atoms with Crippen LogP contribution in [-0.4, -0.2) is 44.7 Å². The van der Waals surface area contributed by atoms with Gasteiger partial charge < -0.3 is 5.32 Å². The van der Waals surface area contributed by atoms with Gasteiger partial charge in [-0.1, -0.05) is 54.1 Å². The summed E-state index contributed by atoms with van der Waals surface area (Å²) < 4.78 is 2.44. The minimum Gasteiger partial charge on any atom is -0.352 e. The summed E-state index contributed by atoms with van der Waals surface area (Å²) in [6.45, 7) is 5.37. The summed E-state index contributed by atoms with van der Waals surface area (Å²) in [5, 5.41) is 10.4. The number of carbonyl (C=O) groups excluding carboxylic acids is 1. The number of carbonyl (C=O) groups is 1. The molecule has 0 bridgehead atoms. The van der Waals surface area contributed by atoms with Gasteiger partial charge >= 0.3 is 0 Å². The Kier molecular flexibility index (Phi) is 6.40. The van der Waals surface area contributed by atoms with Gasteiger partial charge in [0.1, 0.15) is 0 Å². The molecule has 2 heterocycles. The first-order valence-electron chi connectivity index (χ1n) is 10.4. The van der Waals surface area contributed by atoms with E-state index in [0.717, 1.165) is 43.0 Å². The highest BCUT2D eigenvalue weighted by Crippen LogP contribution is 2.19. The Morgan fingerprint density at radius 3 is 2.87 bits per heavy atom. The van der Waals surface area contributed by atoms with E-state index in [9.17, 15) is 4.79 Å². The van der Waals surface area contributed by atoms with Crippen LogP contribution in [0.5, 0.6) is 0 Å². The first kappa shape index (κ1) is 20.5. The Hall–Kier alpha value is -2.77. The van der Waals surface area contributed by atoms with E-state index in [0.29, 0.717) is 17.7 Å². The van der Waals surface area contributed by atoms with Crippen LogP contribution in [0.1, 0.15) is 24.0 Å². The van der Waals surface area contributed by atoms with E-state index in [1.54, 1.807) is 0 Å². The van der Waals surface area contributed by atoms with Gasteiger partial charge in [0.2, 0.25) is 5.91 Å². The smallest absolute Gasteiger partial charge is 0.222 e. The van der Waals surface area contributed by atoms with Crippen LogP contribution in [0.3, 0.4) is 0 Å². The minimum atomic E-state index is 0.0554. The van der Waals surface area contributed by atoms with Crippen LogP contribution in [0.15, 0.2) is 54.6 Å². The highest BCUT2D eigenvalue weighted by Gasteiger charge is 2.23. The third-order valence-corrected chi connectivity index (χ3v) is 5.80. The van der Waals surface area contributed by atoms with Crippen molar-refractivity contribution in [2.45, 2.75) is 38.9 Å². The van der Waals surface area contributed by atoms with Gasteiger partial charge in [0, 0.05) is 44.2 Å². The molecule has 30 heavy (non-hydrogen) atoms. The highest BCUT2D eigenvalue weighted by molar-refractivity contribution is 7.71. The van der Waals surface area contributed by atoms with Crippen LogP contribution >= 0.6 is 12.2 Å². The van der Waals surface area contributed by atoms with Crippen molar-refractivity contribution in [3.05, 3.63) is 70.5 Å². The van der Waals surface area contributed by atoms with Gasteiger partial charge in [0.05, 0.1) is 0 Å². The lowest BCUT2D eigenvalue weighted by atomic mass is 10.1. The van der Waals surface area contributed by atoms with Crippen LogP contribution in [0.2, 0.25) is 0 Å². The van der Waals surface area contributed by atoms with Crippen molar-refractivity contribution in [3.8, 4) is 11.4 Å². The fraction of sp³-hybridized carbons (Fsp3) is 0.348. The number of rotatable bonds is 7. The molecule has 1 saturated heterocycles. The summed E-state index contributed by atoms with van der Waals surface area (Å²) in [6, 6.07) is 18.8. The number of hydrogen-bond donors (Lipinski definition) is 2. The molecule has 0 aliphatic carbocycles. The largest absolute Gasteiger partial charge is 0.352 e. The number of likely N-dealkylation sites (tertiary alicyclic amines) is 1. The fourth-order valence-electron chi connectivity index (χ4n) is 3.98. The molecule has 3 aromatic rings. The Balaban J connectivity index is 1.31. The second-order valence-electron chi connectivity index (χ2n) is 7.90. The lowest BCUT2D eigenvalue weighted by molar-refractivity contribution is -0.121. The van der Waals surface area contributed by atoms with E-state index in [1.807, 2.05) is 35.8 Å². The van der Waals surface area contributed by atoms with E-state index < -0.39 is 0 Å².